The molecule has 1 aliphatic heterocycles. The number of aryl methyl sites for hydroxylation is 1. The summed E-state index contributed by atoms with van der Waals surface area (Å²) in [5, 5.41) is 22.3. The Kier molecular flexibility index (Phi) is 5.81. The molecule has 9 nitrogen and oxygen atoms in total. The number of ketones is 1. The van der Waals surface area contributed by atoms with Gasteiger partial charge in [-0.2, -0.15) is 0 Å². The minimum atomic E-state index is -0.680. The maximum absolute atomic E-state index is 12.1. The number of nitro groups is 2. The van der Waals surface area contributed by atoms with Crippen LogP contribution in [0.15, 0.2) is 84.1 Å². The molecule has 180 valence electrons. The highest BCUT2D eigenvalue weighted by atomic mass is 16.6. The Bertz CT molecular complexity index is 1460. The fourth-order valence-electron chi connectivity index (χ4n) is 4.54. The van der Waals surface area contributed by atoms with E-state index in [-0.39, 0.29) is 36.1 Å². The van der Waals surface area contributed by atoms with Crippen molar-refractivity contribution in [1.29, 1.82) is 0 Å². The molecule has 1 aliphatic carbocycles. The van der Waals surface area contributed by atoms with Crippen LogP contribution in [0.3, 0.4) is 0 Å². The fraction of sp³-hybridized carbons (Fsp3) is 0.148. The molecule has 0 bridgehead atoms. The molecule has 1 atom stereocenters. The lowest BCUT2D eigenvalue weighted by Crippen LogP contribution is -2.20. The van der Waals surface area contributed by atoms with E-state index in [1.807, 2.05) is 37.3 Å². The lowest BCUT2D eigenvalue weighted by Gasteiger charge is -2.32. The second-order valence-electron chi connectivity index (χ2n) is 8.61. The van der Waals surface area contributed by atoms with Crippen molar-refractivity contribution in [3.63, 3.8) is 0 Å². The first kappa shape index (κ1) is 23.0. The van der Waals surface area contributed by atoms with Gasteiger partial charge in [-0.25, -0.2) is 0 Å². The predicted octanol–water partition coefficient (Wildman–Crippen LogP) is 5.70. The van der Waals surface area contributed by atoms with Gasteiger partial charge in [-0.05, 0) is 30.2 Å². The van der Waals surface area contributed by atoms with E-state index in [9.17, 15) is 25.0 Å². The van der Waals surface area contributed by atoms with Gasteiger partial charge in [0, 0.05) is 40.8 Å². The summed E-state index contributed by atoms with van der Waals surface area (Å²) in [5.41, 5.74) is 3.60. The van der Waals surface area contributed by atoms with Crippen molar-refractivity contribution in [1.82, 2.24) is 0 Å². The molecule has 5 rings (SSSR count). The molecule has 0 N–H and O–H groups in total. The largest absolute Gasteiger partial charge is 0.489 e. The number of ether oxygens (including phenoxy) is 2. The number of nitro benzene ring substituents is 2. The Labute approximate surface area is 205 Å². The number of benzene rings is 3. The zero-order chi connectivity index (χ0) is 25.4. The van der Waals surface area contributed by atoms with Gasteiger partial charge in [-0.1, -0.05) is 36.4 Å². The maximum Gasteiger partial charge on any atom is 0.276 e. The first-order chi connectivity index (χ1) is 17.3. The Balaban J connectivity index is 1.48. The molecule has 36 heavy (non-hydrogen) atoms. The molecule has 3 aromatic carbocycles. The van der Waals surface area contributed by atoms with Gasteiger partial charge in [-0.15, -0.1) is 0 Å². The van der Waals surface area contributed by atoms with Crippen LogP contribution in [0.4, 0.5) is 11.4 Å². The monoisotopic (exact) mass is 484 g/mol. The highest BCUT2D eigenvalue weighted by molar-refractivity contribution is 5.93. The molecule has 9 heteroatoms. The highest BCUT2D eigenvalue weighted by Crippen LogP contribution is 2.47. The van der Waals surface area contributed by atoms with Crippen LogP contribution in [0.5, 0.6) is 11.5 Å². The number of allylic oxidation sites excluding steroid dienone is 4. The summed E-state index contributed by atoms with van der Waals surface area (Å²) in [6.45, 7) is 1.93. The molecule has 0 saturated carbocycles. The molecule has 3 aromatic rings. The lowest BCUT2D eigenvalue weighted by molar-refractivity contribution is -0.394. The van der Waals surface area contributed by atoms with E-state index >= 15 is 0 Å². The Morgan fingerprint density at radius 1 is 0.944 bits per heavy atom. The van der Waals surface area contributed by atoms with Crippen molar-refractivity contribution in [2.45, 2.75) is 25.9 Å². The van der Waals surface area contributed by atoms with Crippen LogP contribution in [0.2, 0.25) is 0 Å². The molecule has 0 fully saturated rings. The summed E-state index contributed by atoms with van der Waals surface area (Å²) in [6, 6.07) is 16.8. The smallest absolute Gasteiger partial charge is 0.276 e. The van der Waals surface area contributed by atoms with E-state index in [1.54, 1.807) is 18.2 Å². The minimum absolute atomic E-state index is 0.0413. The SMILES string of the molecule is Cc1ccccc1C1C2=C(CC(=O)C=C2)Oc2cc(OCc3cc([N+](=O)[O-])cc([N+](=O)[O-])c3)ccc21. The number of carbonyl (C=O) groups is 1. The van der Waals surface area contributed by atoms with Gasteiger partial charge in [0.25, 0.3) is 11.4 Å². The molecule has 0 amide bonds. The summed E-state index contributed by atoms with van der Waals surface area (Å²) >= 11 is 0. The molecule has 0 radical (unpaired) electrons. The summed E-state index contributed by atoms with van der Waals surface area (Å²) in [7, 11) is 0. The Hall–Kier alpha value is -4.79. The van der Waals surface area contributed by atoms with Crippen LogP contribution >= 0.6 is 0 Å². The predicted molar refractivity (Wildman–Crippen MR) is 130 cm³/mol. The molecular formula is C27H20N2O7. The summed E-state index contributed by atoms with van der Waals surface area (Å²) < 4.78 is 12.0. The van der Waals surface area contributed by atoms with Gasteiger partial charge < -0.3 is 9.47 Å². The number of fused-ring (bicyclic) bond motifs is 1. The number of nitrogens with zero attached hydrogens (tertiary/aromatic N) is 2. The van der Waals surface area contributed by atoms with Crippen LogP contribution in [-0.2, 0) is 11.4 Å². The van der Waals surface area contributed by atoms with Crippen molar-refractivity contribution < 1.29 is 24.1 Å². The molecule has 0 aromatic heterocycles. The third-order valence-corrected chi connectivity index (χ3v) is 6.23. The number of rotatable bonds is 6. The molecule has 0 spiro atoms. The molecule has 1 heterocycles. The van der Waals surface area contributed by atoms with Crippen LogP contribution in [0.1, 0.15) is 34.6 Å². The van der Waals surface area contributed by atoms with E-state index < -0.39 is 9.85 Å². The third kappa shape index (κ3) is 4.34. The highest BCUT2D eigenvalue weighted by Gasteiger charge is 2.33. The standard InChI is InChI=1S/C27H20N2O7/c1-16-4-2-3-5-22(16)27-23-8-6-20(30)13-25(23)36-26-14-21(7-9-24(26)27)35-15-17-10-18(28(31)32)12-19(11-17)29(33)34/h2-12,14,27H,13,15H2,1H3. The third-order valence-electron chi connectivity index (χ3n) is 6.23. The van der Waals surface area contributed by atoms with Gasteiger partial charge in [-0.3, -0.25) is 25.0 Å². The van der Waals surface area contributed by atoms with Crippen LogP contribution in [-0.4, -0.2) is 15.6 Å². The zero-order valence-corrected chi connectivity index (χ0v) is 19.2. The first-order valence-electron chi connectivity index (χ1n) is 11.2. The van der Waals surface area contributed by atoms with E-state index in [1.165, 1.54) is 12.1 Å². The van der Waals surface area contributed by atoms with Crippen molar-refractivity contribution in [2.24, 2.45) is 0 Å². The number of carbonyl (C=O) groups excluding carboxylic acids is 1. The second kappa shape index (κ2) is 9.10. The molecule has 0 saturated heterocycles. The average molecular weight is 484 g/mol. The molecule has 2 aliphatic rings. The van der Waals surface area contributed by atoms with Crippen molar-refractivity contribution in [2.75, 3.05) is 0 Å². The topological polar surface area (TPSA) is 122 Å². The second-order valence-corrected chi connectivity index (χ2v) is 8.61. The minimum Gasteiger partial charge on any atom is -0.489 e. The van der Waals surface area contributed by atoms with E-state index in [2.05, 4.69) is 6.07 Å². The first-order valence-corrected chi connectivity index (χ1v) is 11.2. The summed E-state index contributed by atoms with van der Waals surface area (Å²) in [4.78, 5) is 33.1. The number of hydrogen-bond acceptors (Lipinski definition) is 7. The lowest BCUT2D eigenvalue weighted by atomic mass is 9.78. The van der Waals surface area contributed by atoms with Gasteiger partial charge in [0.2, 0.25) is 0 Å². The zero-order valence-electron chi connectivity index (χ0n) is 19.2. The van der Waals surface area contributed by atoms with Gasteiger partial charge >= 0.3 is 0 Å². The average Bonchev–Trinajstić information content (AvgIpc) is 2.86. The van der Waals surface area contributed by atoms with Crippen molar-refractivity contribution >= 4 is 17.2 Å². The number of hydrogen-bond donors (Lipinski definition) is 0. The van der Waals surface area contributed by atoms with Crippen molar-refractivity contribution in [3.8, 4) is 11.5 Å². The normalized spacial score (nSPS) is 16.1. The van der Waals surface area contributed by atoms with Gasteiger partial charge in [0.15, 0.2) is 5.78 Å². The maximum atomic E-state index is 12.1. The fourth-order valence-corrected chi connectivity index (χ4v) is 4.54. The number of non-ortho nitro benzene ring substituents is 2. The van der Waals surface area contributed by atoms with E-state index in [4.69, 9.17) is 9.47 Å². The quantitative estimate of drug-likeness (QED) is 0.325. The summed E-state index contributed by atoms with van der Waals surface area (Å²) in [5.74, 6) is 1.40. The van der Waals surface area contributed by atoms with E-state index in [0.717, 1.165) is 28.3 Å². The van der Waals surface area contributed by atoms with Crippen LogP contribution in [0, 0.1) is 27.2 Å². The Morgan fingerprint density at radius 3 is 2.36 bits per heavy atom. The van der Waals surface area contributed by atoms with Crippen LogP contribution < -0.4 is 9.47 Å². The Morgan fingerprint density at radius 2 is 1.67 bits per heavy atom. The van der Waals surface area contributed by atoms with Crippen molar-refractivity contribution in [3.05, 3.63) is 127 Å². The summed E-state index contributed by atoms with van der Waals surface area (Å²) in [6.07, 6.45) is 3.56. The molecular weight excluding hydrogens is 464 g/mol. The van der Waals surface area contributed by atoms with Crippen LogP contribution in [0.25, 0.3) is 0 Å². The van der Waals surface area contributed by atoms with Gasteiger partial charge in [0.1, 0.15) is 23.9 Å². The van der Waals surface area contributed by atoms with Gasteiger partial charge in [0.05, 0.1) is 22.3 Å². The molecule has 1 unspecified atom stereocenters. The van der Waals surface area contributed by atoms with E-state index in [0.29, 0.717) is 22.8 Å².